The summed E-state index contributed by atoms with van der Waals surface area (Å²) in [5, 5.41) is 1.22. The van der Waals surface area contributed by atoms with Crippen LogP contribution in [0.2, 0.25) is 39.3 Å². The molecule has 2 rings (SSSR count). The van der Waals surface area contributed by atoms with E-state index in [2.05, 4.69) is 98.1 Å². The van der Waals surface area contributed by atoms with Crippen molar-refractivity contribution < 1.29 is 0 Å². The summed E-state index contributed by atoms with van der Waals surface area (Å²) in [6.45, 7) is 13.7. The van der Waals surface area contributed by atoms with Crippen LogP contribution in [0.25, 0.3) is 10.9 Å². The van der Waals surface area contributed by atoms with Crippen molar-refractivity contribution in [1.82, 2.24) is 4.57 Å². The summed E-state index contributed by atoms with van der Waals surface area (Å²) in [7, 11) is -0.725. The summed E-state index contributed by atoms with van der Waals surface area (Å²) < 4.78 is 2.19. The van der Waals surface area contributed by atoms with Crippen molar-refractivity contribution in [2.45, 2.75) is 39.3 Å². The predicted octanol–water partition coefficient (Wildman–Crippen LogP) is 4.64. The Morgan fingerprint density at radius 3 is 1.95 bits per heavy atom. The highest BCUT2D eigenvalue weighted by molar-refractivity contribution is 6.84. The van der Waals surface area contributed by atoms with Gasteiger partial charge < -0.3 is 4.57 Å². The van der Waals surface area contributed by atoms with Crippen LogP contribution in [0.4, 0.5) is 0 Å². The molecule has 0 atom stereocenters. The third-order valence-corrected chi connectivity index (χ3v) is 4.98. The molecule has 0 spiro atoms. The van der Waals surface area contributed by atoms with Crippen LogP contribution in [-0.2, 0) is 7.05 Å². The van der Waals surface area contributed by atoms with Gasteiger partial charge in [-0.05, 0) is 6.07 Å². The van der Waals surface area contributed by atoms with E-state index >= 15 is 0 Å². The van der Waals surface area contributed by atoms with Gasteiger partial charge in [-0.15, -0.1) is 11.1 Å². The second kappa shape index (κ2) is 5.84. The number of benzene rings is 1. The molecule has 0 aliphatic carbocycles. The monoisotopic (exact) mass is 323 g/mol. The first-order valence-electron chi connectivity index (χ1n) is 7.72. The molecular formula is C19H25NSi2. The van der Waals surface area contributed by atoms with Crippen LogP contribution in [0.1, 0.15) is 11.3 Å². The third kappa shape index (κ3) is 3.94. The highest BCUT2D eigenvalue weighted by Gasteiger charge is 2.14. The topological polar surface area (TPSA) is 4.93 Å². The second-order valence-corrected chi connectivity index (χ2v) is 17.3. The van der Waals surface area contributed by atoms with Crippen LogP contribution in [0.3, 0.4) is 0 Å². The highest BCUT2D eigenvalue weighted by atomic mass is 28.3. The Bertz CT molecular complexity index is 822. The van der Waals surface area contributed by atoms with Crippen molar-refractivity contribution in [1.29, 1.82) is 0 Å². The predicted molar refractivity (Wildman–Crippen MR) is 103 cm³/mol. The maximum atomic E-state index is 3.50. The molecule has 1 nitrogen and oxygen atoms in total. The van der Waals surface area contributed by atoms with Crippen LogP contribution in [0.15, 0.2) is 24.3 Å². The molecule has 22 heavy (non-hydrogen) atoms. The van der Waals surface area contributed by atoms with Gasteiger partial charge in [0.25, 0.3) is 0 Å². The molecule has 0 saturated heterocycles. The minimum absolute atomic E-state index is 1.06. The van der Waals surface area contributed by atoms with Gasteiger partial charge in [0.05, 0.1) is 11.1 Å². The highest BCUT2D eigenvalue weighted by Crippen LogP contribution is 2.24. The Kier molecular flexibility index (Phi) is 4.43. The molecule has 114 valence electrons. The van der Waals surface area contributed by atoms with E-state index in [0.29, 0.717) is 0 Å². The molecule has 1 aromatic carbocycles. The second-order valence-electron chi connectivity index (χ2n) is 7.80. The van der Waals surface area contributed by atoms with E-state index in [4.69, 9.17) is 0 Å². The number of hydrogen-bond acceptors (Lipinski definition) is 0. The molecule has 0 radical (unpaired) electrons. The van der Waals surface area contributed by atoms with E-state index in [-0.39, 0.29) is 0 Å². The molecule has 0 aliphatic rings. The number of para-hydroxylation sites is 1. The van der Waals surface area contributed by atoms with Crippen LogP contribution in [0, 0.1) is 22.9 Å². The maximum Gasteiger partial charge on any atom is 0.129 e. The van der Waals surface area contributed by atoms with Crippen LogP contribution in [0.5, 0.6) is 0 Å². The lowest BCUT2D eigenvalue weighted by molar-refractivity contribution is 0.949. The van der Waals surface area contributed by atoms with Crippen molar-refractivity contribution in [3.63, 3.8) is 0 Å². The van der Waals surface area contributed by atoms with Gasteiger partial charge >= 0.3 is 0 Å². The Morgan fingerprint density at radius 2 is 1.36 bits per heavy atom. The standard InChI is InChI=1S/C19H25NSi2/c1-20-18-11-9-8-10-16(18)17(12-14-21(2,3)4)19(20)13-15-22(5,6)7/h8-11H,1-7H3. The number of aromatic nitrogens is 1. The molecule has 0 saturated carbocycles. The molecule has 1 heterocycles. The van der Waals surface area contributed by atoms with Gasteiger partial charge in [0.1, 0.15) is 21.8 Å². The van der Waals surface area contributed by atoms with Crippen LogP contribution >= 0.6 is 0 Å². The lowest BCUT2D eigenvalue weighted by Crippen LogP contribution is -2.17. The molecule has 0 fully saturated rings. The summed E-state index contributed by atoms with van der Waals surface area (Å²) in [5.41, 5.74) is 10.4. The number of rotatable bonds is 0. The first-order chi connectivity index (χ1) is 10.1. The van der Waals surface area contributed by atoms with Crippen LogP contribution < -0.4 is 0 Å². The smallest absolute Gasteiger partial charge is 0.129 e. The maximum absolute atomic E-state index is 3.50. The molecule has 2 aromatic rings. The van der Waals surface area contributed by atoms with Gasteiger partial charge in [0.15, 0.2) is 0 Å². The largest absolute Gasteiger partial charge is 0.336 e. The molecule has 1 aromatic heterocycles. The van der Waals surface area contributed by atoms with Crippen molar-refractivity contribution in [2.24, 2.45) is 7.05 Å². The Balaban J connectivity index is 2.75. The van der Waals surface area contributed by atoms with Gasteiger partial charge in [-0.1, -0.05) is 69.3 Å². The summed E-state index contributed by atoms with van der Waals surface area (Å²) in [6, 6.07) is 8.46. The molecule has 3 heteroatoms. The lowest BCUT2D eigenvalue weighted by atomic mass is 10.1. The van der Waals surface area contributed by atoms with E-state index in [1.165, 1.54) is 10.9 Å². The van der Waals surface area contributed by atoms with E-state index < -0.39 is 16.1 Å². The van der Waals surface area contributed by atoms with Gasteiger partial charge in [-0.25, -0.2) is 0 Å². The lowest BCUT2D eigenvalue weighted by Gasteiger charge is -2.05. The zero-order valence-electron chi connectivity index (χ0n) is 14.8. The quantitative estimate of drug-likeness (QED) is 0.492. The average molecular weight is 324 g/mol. The Morgan fingerprint density at radius 1 is 0.818 bits per heavy atom. The van der Waals surface area contributed by atoms with Gasteiger partial charge in [0, 0.05) is 12.4 Å². The fourth-order valence-corrected chi connectivity index (χ4v) is 3.16. The number of fused-ring (bicyclic) bond motifs is 1. The van der Waals surface area contributed by atoms with Crippen molar-refractivity contribution in [3.05, 3.63) is 35.5 Å². The molecule has 0 aliphatic heterocycles. The fourth-order valence-electron chi connectivity index (χ4n) is 2.16. The molecule has 0 bridgehead atoms. The van der Waals surface area contributed by atoms with Crippen molar-refractivity contribution >= 4 is 27.1 Å². The summed E-state index contributed by atoms with van der Waals surface area (Å²) >= 11 is 0. The van der Waals surface area contributed by atoms with E-state index in [1.807, 2.05) is 0 Å². The molecule has 0 amide bonds. The summed E-state index contributed by atoms with van der Waals surface area (Å²) in [6.07, 6.45) is 0. The minimum Gasteiger partial charge on any atom is -0.336 e. The first kappa shape index (κ1) is 16.7. The SMILES string of the molecule is Cn1c(C#C[Si](C)(C)C)c(C#C[Si](C)(C)C)c2ccccc21. The van der Waals surface area contributed by atoms with E-state index in [0.717, 1.165) is 11.3 Å². The number of aryl methyl sites for hydroxylation is 1. The van der Waals surface area contributed by atoms with Crippen molar-refractivity contribution in [2.75, 3.05) is 0 Å². The molecule has 0 unspecified atom stereocenters. The molecular weight excluding hydrogens is 298 g/mol. The van der Waals surface area contributed by atoms with Crippen molar-refractivity contribution in [3.8, 4) is 22.9 Å². The third-order valence-electron chi connectivity index (χ3n) is 3.23. The van der Waals surface area contributed by atoms with Gasteiger partial charge in [-0.3, -0.25) is 0 Å². The van der Waals surface area contributed by atoms with Crippen LogP contribution in [-0.4, -0.2) is 20.7 Å². The molecule has 0 N–H and O–H groups in total. The Labute approximate surface area is 136 Å². The summed E-state index contributed by atoms with van der Waals surface area (Å²) in [4.78, 5) is 0. The first-order valence-corrected chi connectivity index (χ1v) is 14.7. The Hall–Kier alpha value is -1.69. The average Bonchev–Trinajstić information content (AvgIpc) is 2.66. The van der Waals surface area contributed by atoms with Gasteiger partial charge in [0.2, 0.25) is 0 Å². The zero-order valence-corrected chi connectivity index (χ0v) is 16.8. The van der Waals surface area contributed by atoms with E-state index in [9.17, 15) is 0 Å². The number of nitrogens with zero attached hydrogens (tertiary/aromatic N) is 1. The normalized spacial score (nSPS) is 11.6. The summed E-state index contributed by atoms with van der Waals surface area (Å²) in [5.74, 6) is 6.89. The van der Waals surface area contributed by atoms with E-state index in [1.54, 1.807) is 0 Å². The minimum atomic E-state index is -1.41. The fraction of sp³-hybridized carbons (Fsp3) is 0.368. The zero-order chi connectivity index (χ0) is 16.5. The van der Waals surface area contributed by atoms with Gasteiger partial charge in [-0.2, -0.15) is 0 Å². The number of hydrogen-bond donors (Lipinski definition) is 0.